The zero-order chi connectivity index (χ0) is 20.5. The topological polar surface area (TPSA) is 25.2 Å². The summed E-state index contributed by atoms with van der Waals surface area (Å²) in [4.78, 5) is 9.28. The van der Waals surface area contributed by atoms with Crippen molar-refractivity contribution in [2.24, 2.45) is 4.99 Å². The zero-order valence-corrected chi connectivity index (χ0v) is 21.9. The molecule has 1 aromatic heterocycles. The molecular formula is C23H24FeI2N2. The number of aromatic nitrogens is 1. The van der Waals surface area contributed by atoms with Crippen molar-refractivity contribution in [3.05, 3.63) is 99.9 Å². The van der Waals surface area contributed by atoms with Gasteiger partial charge in [-0.25, -0.2) is 0 Å². The minimum absolute atomic E-state index is 0.0267. The summed E-state index contributed by atoms with van der Waals surface area (Å²) in [5, 5.41) is 0. The first-order chi connectivity index (χ1) is 13.4. The van der Waals surface area contributed by atoms with Crippen LogP contribution in [0.2, 0.25) is 0 Å². The number of hydrogen-bond acceptors (Lipinski definition) is 2. The number of nitrogens with zero attached hydrogens (tertiary/aromatic N) is 2. The molecule has 0 bridgehead atoms. The molecule has 0 aliphatic heterocycles. The van der Waals surface area contributed by atoms with Gasteiger partial charge in [-0.05, 0) is 56.5 Å². The molecule has 2 aromatic carbocycles. The molecule has 148 valence electrons. The summed E-state index contributed by atoms with van der Waals surface area (Å²) in [6.45, 7) is 8.56. The van der Waals surface area contributed by atoms with E-state index in [1.165, 1.54) is 41.8 Å². The predicted molar refractivity (Wildman–Crippen MR) is 134 cm³/mol. The van der Waals surface area contributed by atoms with E-state index in [-0.39, 0.29) is 6.04 Å². The molecule has 1 heterocycles. The van der Waals surface area contributed by atoms with Crippen LogP contribution in [0.5, 0.6) is 0 Å². The Bertz CT molecular complexity index is 907. The van der Waals surface area contributed by atoms with Crippen LogP contribution in [0.15, 0.2) is 65.8 Å². The molecule has 0 N–H and O–H groups in total. The molecule has 1 atom stereocenters. The summed E-state index contributed by atoms with van der Waals surface area (Å²) >= 11 is 4.55. The van der Waals surface area contributed by atoms with Crippen LogP contribution in [-0.4, -0.2) is 11.2 Å². The Balaban J connectivity index is 0.000000878. The number of pyridine rings is 1. The van der Waals surface area contributed by atoms with E-state index in [0.29, 0.717) is 0 Å². The van der Waals surface area contributed by atoms with Gasteiger partial charge in [-0.15, -0.1) is 0 Å². The molecule has 28 heavy (non-hydrogen) atoms. The van der Waals surface area contributed by atoms with E-state index < -0.39 is 0 Å². The summed E-state index contributed by atoms with van der Waals surface area (Å²) < 4.78 is 0. The van der Waals surface area contributed by atoms with Gasteiger partial charge in [0, 0.05) is 12.4 Å². The number of halogens is 2. The van der Waals surface area contributed by atoms with Gasteiger partial charge in [0.2, 0.25) is 0 Å². The van der Waals surface area contributed by atoms with Gasteiger partial charge in [0.05, 0.1) is 5.69 Å². The normalized spacial score (nSPS) is 11.9. The molecule has 1 unspecified atom stereocenters. The van der Waals surface area contributed by atoms with Crippen molar-refractivity contribution in [2.75, 3.05) is 0 Å². The summed E-state index contributed by atoms with van der Waals surface area (Å²) in [6.07, 6.45) is 3.67. The molecule has 3 aromatic rings. The second kappa shape index (κ2) is 12.1. The average Bonchev–Trinajstić information content (AvgIpc) is 2.64. The number of aryl methyl sites for hydroxylation is 4. The van der Waals surface area contributed by atoms with Gasteiger partial charge in [0.15, 0.2) is 0 Å². The van der Waals surface area contributed by atoms with Crippen LogP contribution >= 0.6 is 40.7 Å². The quantitative estimate of drug-likeness (QED) is 0.168. The van der Waals surface area contributed by atoms with E-state index in [1.807, 2.05) is 24.4 Å². The van der Waals surface area contributed by atoms with Crippen LogP contribution < -0.4 is 0 Å². The zero-order valence-electron chi connectivity index (χ0n) is 16.4. The minimum atomic E-state index is -0.0267. The van der Waals surface area contributed by atoms with Crippen molar-refractivity contribution in [3.63, 3.8) is 0 Å². The average molecular weight is 638 g/mol. The molecule has 2 nitrogen and oxygen atoms in total. The van der Waals surface area contributed by atoms with Gasteiger partial charge in [-0.2, -0.15) is 0 Å². The molecule has 0 aliphatic carbocycles. The van der Waals surface area contributed by atoms with Gasteiger partial charge in [0.25, 0.3) is 0 Å². The molecule has 0 saturated carbocycles. The van der Waals surface area contributed by atoms with Crippen molar-refractivity contribution in [3.8, 4) is 0 Å². The van der Waals surface area contributed by atoms with Crippen LogP contribution in [0.3, 0.4) is 0 Å². The Morgan fingerprint density at radius 2 is 1.57 bits per heavy atom. The molecule has 3 rings (SSSR count). The van der Waals surface area contributed by atoms with Gasteiger partial charge >= 0.3 is 49.1 Å². The standard InChI is InChI=1S/C23H24N2.Fe.2HI/c1-16-8-9-22(19(4)12-16)23(20-13-17(2)11-18(3)14-20)25-15-21-7-5-6-10-24-21;;;/h5-15,23H,1-4H3;;2*1H/q;+2;;/p-2. The van der Waals surface area contributed by atoms with E-state index in [4.69, 9.17) is 4.99 Å². The molecule has 5 heteroatoms. The number of benzene rings is 2. The Kier molecular flexibility index (Phi) is 10.1. The number of rotatable bonds is 4. The maximum atomic E-state index is 4.92. The van der Waals surface area contributed by atoms with E-state index >= 15 is 0 Å². The van der Waals surface area contributed by atoms with E-state index in [0.717, 1.165) is 5.69 Å². The maximum absolute atomic E-state index is 4.92. The van der Waals surface area contributed by atoms with Gasteiger partial charge in [-0.3, -0.25) is 9.98 Å². The monoisotopic (exact) mass is 638 g/mol. The first-order valence-electron chi connectivity index (χ1n) is 8.89. The van der Waals surface area contributed by atoms with Crippen molar-refractivity contribution < 1.29 is 8.46 Å². The molecule has 0 amide bonds. The van der Waals surface area contributed by atoms with Crippen molar-refractivity contribution in [1.29, 1.82) is 0 Å². The third-order valence-corrected chi connectivity index (χ3v) is 4.32. The summed E-state index contributed by atoms with van der Waals surface area (Å²) in [7, 11) is 1.19. The first kappa shape index (κ1) is 23.5. The Hall–Kier alpha value is -0.761. The molecule has 0 radical (unpaired) electrons. The second-order valence-corrected chi connectivity index (χ2v) is 16.1. The fraction of sp³-hybridized carbons (Fsp3) is 0.217. The Morgan fingerprint density at radius 3 is 2.14 bits per heavy atom. The van der Waals surface area contributed by atoms with Gasteiger partial charge in [-0.1, -0.05) is 59.2 Å². The predicted octanol–water partition coefficient (Wildman–Crippen LogP) is 7.29. The first-order valence-corrected chi connectivity index (χ1v) is 16.0. The molecule has 0 aliphatic rings. The van der Waals surface area contributed by atoms with Crippen molar-refractivity contribution >= 4 is 46.9 Å². The van der Waals surface area contributed by atoms with E-state index in [1.54, 1.807) is 6.20 Å². The SMILES string of the molecule is Cc1cc(C)cc(C(N=Cc2ccccn2)c2ccc(C)cc2C)c1.[I][Fe][I]. The van der Waals surface area contributed by atoms with Crippen LogP contribution in [0.25, 0.3) is 0 Å². The fourth-order valence-electron chi connectivity index (χ4n) is 3.25. The molecular weight excluding hydrogens is 614 g/mol. The van der Waals surface area contributed by atoms with Gasteiger partial charge in [0.1, 0.15) is 6.04 Å². The fourth-order valence-corrected chi connectivity index (χ4v) is 3.25. The second-order valence-electron chi connectivity index (χ2n) is 6.77. The summed E-state index contributed by atoms with van der Waals surface area (Å²) in [5.41, 5.74) is 8.40. The van der Waals surface area contributed by atoms with Crippen molar-refractivity contribution in [1.82, 2.24) is 4.98 Å². The third-order valence-electron chi connectivity index (χ3n) is 4.32. The summed E-state index contributed by atoms with van der Waals surface area (Å²) in [6, 6.07) is 19.1. The van der Waals surface area contributed by atoms with Crippen LogP contribution in [0.4, 0.5) is 0 Å². The van der Waals surface area contributed by atoms with E-state index in [2.05, 4.69) is 110 Å². The van der Waals surface area contributed by atoms with Crippen LogP contribution in [0.1, 0.15) is 45.1 Å². The van der Waals surface area contributed by atoms with E-state index in [9.17, 15) is 0 Å². The van der Waals surface area contributed by atoms with Crippen molar-refractivity contribution in [2.45, 2.75) is 33.7 Å². The molecule has 0 saturated heterocycles. The third kappa shape index (κ3) is 7.25. The Labute approximate surface area is 197 Å². The summed E-state index contributed by atoms with van der Waals surface area (Å²) in [5.74, 6) is 0. The van der Waals surface area contributed by atoms with Gasteiger partial charge < -0.3 is 0 Å². The number of aliphatic imine (C=N–C) groups is 1. The molecule has 0 spiro atoms. The van der Waals surface area contributed by atoms with Crippen LogP contribution in [0, 0.1) is 27.7 Å². The number of hydrogen-bond donors (Lipinski definition) is 0. The molecule has 0 fully saturated rings. The van der Waals surface area contributed by atoms with Crippen LogP contribution in [-0.2, 0) is 8.46 Å². The Morgan fingerprint density at radius 1 is 0.893 bits per heavy atom.